The van der Waals surface area contributed by atoms with E-state index in [4.69, 9.17) is 4.74 Å². The molecule has 0 radical (unpaired) electrons. The quantitative estimate of drug-likeness (QED) is 0.847. The van der Waals surface area contributed by atoms with Gasteiger partial charge in [-0.25, -0.2) is 14.1 Å². The molecule has 1 fully saturated rings. The first-order chi connectivity index (χ1) is 11.6. The first kappa shape index (κ1) is 16.2. The smallest absolute Gasteiger partial charge is 0.417 e. The zero-order valence-corrected chi connectivity index (χ0v) is 13.1. The Bertz CT molecular complexity index is 705. The van der Waals surface area contributed by atoms with Crippen molar-refractivity contribution < 1.29 is 18.7 Å². The lowest BCUT2D eigenvalue weighted by Crippen LogP contribution is -2.45. The van der Waals surface area contributed by atoms with Crippen LogP contribution < -0.4 is 0 Å². The fourth-order valence-electron chi connectivity index (χ4n) is 2.83. The minimum Gasteiger partial charge on any atom is -0.447 e. The maximum absolute atomic E-state index is 14.4. The number of rotatable bonds is 5. The van der Waals surface area contributed by atoms with Gasteiger partial charge in [-0.2, -0.15) is 0 Å². The van der Waals surface area contributed by atoms with Crippen molar-refractivity contribution in [2.45, 2.75) is 25.1 Å². The van der Waals surface area contributed by atoms with Crippen molar-refractivity contribution >= 4 is 12.0 Å². The van der Waals surface area contributed by atoms with E-state index < -0.39 is 24.2 Å². The molecule has 0 N–H and O–H groups in total. The van der Waals surface area contributed by atoms with E-state index in [9.17, 15) is 14.0 Å². The van der Waals surface area contributed by atoms with Gasteiger partial charge in [-0.05, 0) is 17.5 Å². The van der Waals surface area contributed by atoms with Crippen molar-refractivity contribution in [1.82, 2.24) is 4.90 Å². The number of benzene rings is 2. The second-order valence-electron chi connectivity index (χ2n) is 5.79. The van der Waals surface area contributed by atoms with Crippen LogP contribution in [0.2, 0.25) is 0 Å². The molecular weight excluding hydrogens is 309 g/mol. The standard InChI is InChI=1S/C19H18FNO3/c20-17(12-15-9-5-2-6-10-15)18(22)21-16(13-24-19(21)23)11-14-7-3-1-4-8-14/h1-10,16-17H,11-13H2/t16-,17-/m0/s1. The Kier molecular flexibility index (Phi) is 4.89. The largest absolute Gasteiger partial charge is 0.447 e. The molecule has 2 atom stereocenters. The summed E-state index contributed by atoms with van der Waals surface area (Å²) in [6.07, 6.45) is -2.13. The molecule has 2 aromatic rings. The van der Waals surface area contributed by atoms with E-state index in [-0.39, 0.29) is 13.0 Å². The first-order valence-electron chi connectivity index (χ1n) is 7.87. The summed E-state index contributed by atoms with van der Waals surface area (Å²) in [5.74, 6) is -0.831. The van der Waals surface area contributed by atoms with E-state index in [1.54, 1.807) is 24.3 Å². The molecule has 0 aromatic heterocycles. The van der Waals surface area contributed by atoms with Crippen LogP contribution in [0.1, 0.15) is 11.1 Å². The Morgan fingerprint density at radius 3 is 2.29 bits per heavy atom. The molecule has 2 amide bonds. The molecule has 0 unspecified atom stereocenters. The average Bonchev–Trinajstić information content (AvgIpc) is 2.96. The molecule has 4 nitrogen and oxygen atoms in total. The Morgan fingerprint density at radius 2 is 1.67 bits per heavy atom. The van der Waals surface area contributed by atoms with Gasteiger partial charge in [0.2, 0.25) is 0 Å². The van der Waals surface area contributed by atoms with E-state index in [1.165, 1.54) is 0 Å². The minimum atomic E-state index is -1.77. The van der Waals surface area contributed by atoms with Crippen LogP contribution in [0.3, 0.4) is 0 Å². The zero-order chi connectivity index (χ0) is 16.9. The minimum absolute atomic E-state index is 0.0541. The molecule has 124 valence electrons. The van der Waals surface area contributed by atoms with Crippen LogP contribution in [0.15, 0.2) is 60.7 Å². The highest BCUT2D eigenvalue weighted by atomic mass is 19.1. The molecule has 3 rings (SSSR count). The Hall–Kier alpha value is -2.69. The monoisotopic (exact) mass is 327 g/mol. The van der Waals surface area contributed by atoms with Crippen LogP contribution in [0.5, 0.6) is 0 Å². The maximum Gasteiger partial charge on any atom is 0.417 e. The first-order valence-corrected chi connectivity index (χ1v) is 7.87. The molecule has 1 aliphatic heterocycles. The fraction of sp³-hybridized carbons (Fsp3) is 0.263. The number of carbonyl (C=O) groups is 2. The van der Waals surface area contributed by atoms with Crippen LogP contribution in [0.25, 0.3) is 0 Å². The highest BCUT2D eigenvalue weighted by Crippen LogP contribution is 2.20. The Morgan fingerprint density at radius 1 is 1.08 bits per heavy atom. The van der Waals surface area contributed by atoms with Gasteiger partial charge in [0.05, 0.1) is 6.04 Å². The van der Waals surface area contributed by atoms with Gasteiger partial charge >= 0.3 is 6.09 Å². The predicted molar refractivity (Wildman–Crippen MR) is 87.2 cm³/mol. The molecule has 5 heteroatoms. The van der Waals surface area contributed by atoms with Crippen molar-refractivity contribution in [3.05, 3.63) is 71.8 Å². The van der Waals surface area contributed by atoms with Crippen LogP contribution in [-0.4, -0.2) is 35.7 Å². The Labute approximate surface area is 139 Å². The van der Waals surface area contributed by atoms with Gasteiger partial charge in [-0.3, -0.25) is 4.79 Å². The van der Waals surface area contributed by atoms with Gasteiger partial charge in [0.15, 0.2) is 6.17 Å². The highest BCUT2D eigenvalue weighted by Gasteiger charge is 2.40. The summed E-state index contributed by atoms with van der Waals surface area (Å²) < 4.78 is 19.4. The summed E-state index contributed by atoms with van der Waals surface area (Å²) in [5.41, 5.74) is 1.68. The second kappa shape index (κ2) is 7.25. The number of hydrogen-bond acceptors (Lipinski definition) is 3. The number of alkyl halides is 1. The van der Waals surface area contributed by atoms with Crippen LogP contribution in [0.4, 0.5) is 9.18 Å². The third kappa shape index (κ3) is 3.62. The zero-order valence-electron chi connectivity index (χ0n) is 13.1. The normalized spacial score (nSPS) is 18.3. The van der Waals surface area contributed by atoms with Gasteiger partial charge in [0.1, 0.15) is 6.61 Å². The van der Waals surface area contributed by atoms with Gasteiger partial charge in [0.25, 0.3) is 5.91 Å². The van der Waals surface area contributed by atoms with Crippen molar-refractivity contribution in [2.24, 2.45) is 0 Å². The van der Waals surface area contributed by atoms with E-state index in [0.717, 1.165) is 10.5 Å². The Balaban J connectivity index is 1.70. The molecule has 2 aromatic carbocycles. The molecule has 1 heterocycles. The number of nitrogens with zero attached hydrogens (tertiary/aromatic N) is 1. The van der Waals surface area contributed by atoms with Crippen molar-refractivity contribution in [3.8, 4) is 0 Å². The van der Waals surface area contributed by atoms with Gasteiger partial charge in [0, 0.05) is 6.42 Å². The fourth-order valence-corrected chi connectivity index (χ4v) is 2.83. The van der Waals surface area contributed by atoms with Gasteiger partial charge in [-0.1, -0.05) is 60.7 Å². The summed E-state index contributed by atoms with van der Waals surface area (Å²) >= 11 is 0. The second-order valence-corrected chi connectivity index (χ2v) is 5.79. The van der Waals surface area contributed by atoms with E-state index >= 15 is 0 Å². The van der Waals surface area contributed by atoms with Crippen molar-refractivity contribution in [1.29, 1.82) is 0 Å². The van der Waals surface area contributed by atoms with Crippen LogP contribution >= 0.6 is 0 Å². The third-order valence-corrected chi connectivity index (χ3v) is 4.04. The summed E-state index contributed by atoms with van der Waals surface area (Å²) in [5, 5.41) is 0. The number of imide groups is 1. The molecule has 0 bridgehead atoms. The number of cyclic esters (lactones) is 1. The lowest BCUT2D eigenvalue weighted by molar-refractivity contribution is -0.134. The third-order valence-electron chi connectivity index (χ3n) is 4.04. The lowest BCUT2D eigenvalue weighted by atomic mass is 10.0. The molecule has 24 heavy (non-hydrogen) atoms. The molecule has 1 saturated heterocycles. The summed E-state index contributed by atoms with van der Waals surface area (Å²) in [7, 11) is 0. The van der Waals surface area contributed by atoms with Gasteiger partial charge in [-0.15, -0.1) is 0 Å². The maximum atomic E-state index is 14.4. The number of halogens is 1. The van der Waals surface area contributed by atoms with Gasteiger partial charge < -0.3 is 4.74 Å². The molecule has 0 spiro atoms. The van der Waals surface area contributed by atoms with E-state index in [2.05, 4.69) is 0 Å². The van der Waals surface area contributed by atoms with Crippen molar-refractivity contribution in [3.63, 3.8) is 0 Å². The number of carbonyl (C=O) groups excluding carboxylic acids is 2. The summed E-state index contributed by atoms with van der Waals surface area (Å²) in [6, 6.07) is 17.9. The summed E-state index contributed by atoms with van der Waals surface area (Å²) in [6.45, 7) is 0.0948. The van der Waals surface area contributed by atoms with E-state index in [1.807, 2.05) is 36.4 Å². The SMILES string of the molecule is O=C1OC[C@H](Cc2ccccc2)N1C(=O)[C@@H](F)Cc1ccccc1. The number of hydrogen-bond donors (Lipinski definition) is 0. The topological polar surface area (TPSA) is 46.6 Å². The highest BCUT2D eigenvalue weighted by molar-refractivity contribution is 5.96. The number of ether oxygens (including phenoxy) is 1. The van der Waals surface area contributed by atoms with Crippen LogP contribution in [-0.2, 0) is 22.4 Å². The predicted octanol–water partition coefficient (Wildman–Crippen LogP) is 3.16. The molecular formula is C19H18FNO3. The number of amides is 2. The molecule has 0 saturated carbocycles. The molecule has 0 aliphatic carbocycles. The lowest BCUT2D eigenvalue weighted by Gasteiger charge is -2.21. The summed E-state index contributed by atoms with van der Waals surface area (Å²) in [4.78, 5) is 25.2. The van der Waals surface area contributed by atoms with E-state index in [0.29, 0.717) is 12.0 Å². The molecule has 1 aliphatic rings. The van der Waals surface area contributed by atoms with Crippen LogP contribution in [0, 0.1) is 0 Å². The average molecular weight is 327 g/mol. The van der Waals surface area contributed by atoms with Crippen molar-refractivity contribution in [2.75, 3.05) is 6.61 Å².